The van der Waals surface area contributed by atoms with E-state index in [-0.39, 0.29) is 18.4 Å². The number of hydrogen-bond acceptors (Lipinski definition) is 3. The van der Waals surface area contributed by atoms with E-state index in [2.05, 4.69) is 5.32 Å². The van der Waals surface area contributed by atoms with Crippen molar-refractivity contribution in [3.8, 4) is 5.75 Å². The van der Waals surface area contributed by atoms with Gasteiger partial charge in [0.05, 0.1) is 12.5 Å². The molecule has 2 N–H and O–H groups in total. The molecule has 1 aromatic rings. The second-order valence-corrected chi connectivity index (χ2v) is 5.95. The van der Waals surface area contributed by atoms with Crippen LogP contribution in [0.25, 0.3) is 0 Å². The van der Waals surface area contributed by atoms with Gasteiger partial charge in [-0.1, -0.05) is 32.9 Å². The molecule has 0 aliphatic heterocycles. The minimum Gasteiger partial charge on any atom is -0.497 e. The summed E-state index contributed by atoms with van der Waals surface area (Å²) in [5.74, 6) is -0.194. The number of carboxylic acids is 1. The van der Waals surface area contributed by atoms with E-state index in [4.69, 9.17) is 4.74 Å². The van der Waals surface area contributed by atoms with Crippen LogP contribution in [-0.4, -0.2) is 30.6 Å². The number of benzene rings is 1. The van der Waals surface area contributed by atoms with Gasteiger partial charge in [0.1, 0.15) is 5.75 Å². The number of methoxy groups -OCH3 is 1. The van der Waals surface area contributed by atoms with Gasteiger partial charge in [-0.05, 0) is 36.5 Å². The van der Waals surface area contributed by atoms with Crippen molar-refractivity contribution in [2.75, 3.05) is 13.7 Å². The summed E-state index contributed by atoms with van der Waals surface area (Å²) >= 11 is 0. The van der Waals surface area contributed by atoms with E-state index in [0.717, 1.165) is 11.3 Å². The minimum atomic E-state index is -0.880. The summed E-state index contributed by atoms with van der Waals surface area (Å²) in [4.78, 5) is 23.6. The van der Waals surface area contributed by atoms with Crippen LogP contribution in [0, 0.1) is 5.41 Å². The Bertz CT molecular complexity index is 538. The number of nitrogens with one attached hydrogen (secondary N) is 1. The van der Waals surface area contributed by atoms with Crippen molar-refractivity contribution in [2.24, 2.45) is 5.41 Å². The van der Waals surface area contributed by atoms with Crippen LogP contribution in [0.2, 0.25) is 0 Å². The Kier molecular flexibility index (Phi) is 7.07. The maximum Gasteiger partial charge on any atom is 0.311 e. The average Bonchev–Trinajstić information content (AvgIpc) is 2.56. The Morgan fingerprint density at radius 3 is 2.48 bits per heavy atom. The summed E-state index contributed by atoms with van der Waals surface area (Å²) in [6, 6.07) is 7.63. The summed E-state index contributed by atoms with van der Waals surface area (Å²) in [5.41, 5.74) is 0.143. The molecular formula is C18H27NO4. The van der Waals surface area contributed by atoms with Crippen molar-refractivity contribution >= 4 is 11.9 Å². The monoisotopic (exact) mass is 321 g/mol. The van der Waals surface area contributed by atoms with Gasteiger partial charge < -0.3 is 15.2 Å². The zero-order valence-corrected chi connectivity index (χ0v) is 14.4. The first kappa shape index (κ1) is 19.0. The van der Waals surface area contributed by atoms with Gasteiger partial charge in [-0.3, -0.25) is 9.59 Å². The highest BCUT2D eigenvalue weighted by molar-refractivity contribution is 5.79. The van der Waals surface area contributed by atoms with Crippen LogP contribution >= 0.6 is 0 Å². The predicted molar refractivity (Wildman–Crippen MR) is 89.7 cm³/mol. The van der Waals surface area contributed by atoms with Crippen molar-refractivity contribution in [2.45, 2.75) is 46.0 Å². The fraction of sp³-hybridized carbons (Fsp3) is 0.556. The highest BCUT2D eigenvalue weighted by atomic mass is 16.5. The molecule has 0 spiro atoms. The van der Waals surface area contributed by atoms with Crippen LogP contribution < -0.4 is 10.1 Å². The molecule has 0 heterocycles. The first-order chi connectivity index (χ1) is 10.9. The maximum atomic E-state index is 12.1. The van der Waals surface area contributed by atoms with Gasteiger partial charge in [-0.2, -0.15) is 0 Å². The Morgan fingerprint density at radius 1 is 1.30 bits per heavy atom. The number of ether oxygens (including phenoxy) is 1. The molecule has 5 nitrogen and oxygen atoms in total. The second kappa shape index (κ2) is 8.56. The van der Waals surface area contributed by atoms with Crippen LogP contribution in [0.5, 0.6) is 5.75 Å². The molecule has 0 aromatic heterocycles. The van der Waals surface area contributed by atoms with Gasteiger partial charge in [0, 0.05) is 13.0 Å². The number of carboxylic acid groups (broad SMARTS) is 1. The lowest BCUT2D eigenvalue weighted by Crippen LogP contribution is -2.42. The van der Waals surface area contributed by atoms with E-state index in [1.54, 1.807) is 7.11 Å². The second-order valence-electron chi connectivity index (χ2n) is 5.95. The van der Waals surface area contributed by atoms with E-state index in [1.807, 2.05) is 45.0 Å². The van der Waals surface area contributed by atoms with E-state index >= 15 is 0 Å². The number of hydrogen-bond donors (Lipinski definition) is 2. The van der Waals surface area contributed by atoms with Crippen LogP contribution in [0.4, 0.5) is 0 Å². The van der Waals surface area contributed by atoms with Gasteiger partial charge in [0.15, 0.2) is 0 Å². The molecule has 0 aliphatic carbocycles. The van der Waals surface area contributed by atoms with Gasteiger partial charge >= 0.3 is 5.97 Å². The first-order valence-corrected chi connectivity index (χ1v) is 8.02. The molecule has 5 heteroatoms. The van der Waals surface area contributed by atoms with Crippen LogP contribution in [0.15, 0.2) is 24.3 Å². The molecule has 23 heavy (non-hydrogen) atoms. The Balaban J connectivity index is 2.63. The number of aliphatic carboxylic acids is 1. The van der Waals surface area contributed by atoms with Crippen LogP contribution in [0.1, 0.15) is 51.5 Å². The summed E-state index contributed by atoms with van der Waals surface area (Å²) in [5, 5.41) is 12.2. The molecule has 0 radical (unpaired) electrons. The van der Waals surface area contributed by atoms with Crippen LogP contribution in [-0.2, 0) is 9.59 Å². The van der Waals surface area contributed by atoms with Crippen LogP contribution in [0.3, 0.4) is 0 Å². The van der Waals surface area contributed by atoms with Crippen molar-refractivity contribution in [1.29, 1.82) is 0 Å². The van der Waals surface area contributed by atoms with Crippen molar-refractivity contribution in [3.63, 3.8) is 0 Å². The SMILES string of the molecule is CCC(CC)(CNC(=O)CC(C)c1cccc(OC)c1)C(=O)O. The standard InChI is InChI=1S/C18H27NO4/c1-5-18(6-2,17(21)22)12-19-16(20)10-13(3)14-8-7-9-15(11-14)23-4/h7-9,11,13H,5-6,10,12H2,1-4H3,(H,19,20)(H,21,22). The molecular weight excluding hydrogens is 294 g/mol. The molecule has 0 saturated carbocycles. The minimum absolute atomic E-state index is 0.0348. The smallest absolute Gasteiger partial charge is 0.311 e. The molecule has 1 amide bonds. The fourth-order valence-corrected chi connectivity index (χ4v) is 2.56. The largest absolute Gasteiger partial charge is 0.497 e. The summed E-state index contributed by atoms with van der Waals surface area (Å²) < 4.78 is 5.19. The average molecular weight is 321 g/mol. The maximum absolute atomic E-state index is 12.1. The van der Waals surface area contributed by atoms with E-state index in [9.17, 15) is 14.7 Å². The highest BCUT2D eigenvalue weighted by Gasteiger charge is 2.35. The lowest BCUT2D eigenvalue weighted by Gasteiger charge is -2.27. The van der Waals surface area contributed by atoms with E-state index in [0.29, 0.717) is 19.3 Å². The molecule has 1 unspecified atom stereocenters. The topological polar surface area (TPSA) is 75.6 Å². The Labute approximate surface area is 138 Å². The zero-order chi connectivity index (χ0) is 17.5. The van der Waals surface area contributed by atoms with Gasteiger partial charge in [0.2, 0.25) is 5.91 Å². The normalized spacial score (nSPS) is 12.5. The molecule has 0 saturated heterocycles. The van der Waals surface area contributed by atoms with Crippen molar-refractivity contribution in [1.82, 2.24) is 5.32 Å². The predicted octanol–water partition coefficient (Wildman–Crippen LogP) is 3.20. The lowest BCUT2D eigenvalue weighted by molar-refractivity contribution is -0.149. The fourth-order valence-electron chi connectivity index (χ4n) is 2.56. The molecule has 0 fully saturated rings. The summed E-state index contributed by atoms with van der Waals surface area (Å²) in [6.07, 6.45) is 1.30. The van der Waals surface area contributed by atoms with Crippen molar-refractivity contribution in [3.05, 3.63) is 29.8 Å². The summed E-state index contributed by atoms with van der Waals surface area (Å²) in [7, 11) is 1.61. The van der Waals surface area contributed by atoms with E-state index < -0.39 is 11.4 Å². The number of rotatable bonds is 9. The summed E-state index contributed by atoms with van der Waals surface area (Å²) in [6.45, 7) is 5.81. The number of carbonyl (C=O) groups is 2. The first-order valence-electron chi connectivity index (χ1n) is 8.02. The Morgan fingerprint density at radius 2 is 1.96 bits per heavy atom. The third-order valence-corrected chi connectivity index (χ3v) is 4.59. The van der Waals surface area contributed by atoms with Crippen molar-refractivity contribution < 1.29 is 19.4 Å². The quantitative estimate of drug-likeness (QED) is 0.732. The third kappa shape index (κ3) is 4.98. The van der Waals surface area contributed by atoms with Gasteiger partial charge in [0.25, 0.3) is 0 Å². The van der Waals surface area contributed by atoms with E-state index in [1.165, 1.54) is 0 Å². The molecule has 0 bridgehead atoms. The number of carbonyl (C=O) groups excluding carboxylic acids is 1. The number of amides is 1. The molecule has 128 valence electrons. The Hall–Kier alpha value is -2.04. The molecule has 1 atom stereocenters. The lowest BCUT2D eigenvalue weighted by atomic mass is 9.82. The zero-order valence-electron chi connectivity index (χ0n) is 14.4. The molecule has 0 aliphatic rings. The molecule has 1 aromatic carbocycles. The van der Waals surface area contributed by atoms with Gasteiger partial charge in [-0.15, -0.1) is 0 Å². The molecule has 1 rings (SSSR count). The third-order valence-electron chi connectivity index (χ3n) is 4.59. The van der Waals surface area contributed by atoms with Gasteiger partial charge in [-0.25, -0.2) is 0 Å². The highest BCUT2D eigenvalue weighted by Crippen LogP contribution is 2.26.